The lowest BCUT2D eigenvalue weighted by Gasteiger charge is -2.18. The predicted octanol–water partition coefficient (Wildman–Crippen LogP) is 1.11. The summed E-state index contributed by atoms with van der Waals surface area (Å²) in [5.74, 6) is -1.14. The zero-order valence-corrected chi connectivity index (χ0v) is 10.2. The number of carbonyl (C=O) groups excluding carboxylic acids is 2. The number of fused-ring (bicyclic) bond motifs is 1. The van der Waals surface area contributed by atoms with Gasteiger partial charge in [0.2, 0.25) is 5.91 Å². The standard InChI is InChI=1S/C14H15NO3/c1-9(16)15-13-5-4-11-6-10(7-14(17)18)2-3-12(11)8-13/h4-6,8H,2-3,7H2,1H3,(H,15,16)(H,17,18)/p-1. The maximum Gasteiger partial charge on any atom is 0.221 e. The molecule has 0 atom stereocenters. The zero-order chi connectivity index (χ0) is 13.1. The monoisotopic (exact) mass is 244 g/mol. The minimum Gasteiger partial charge on any atom is -0.550 e. The van der Waals surface area contributed by atoms with Gasteiger partial charge < -0.3 is 15.2 Å². The lowest BCUT2D eigenvalue weighted by Crippen LogP contribution is -2.22. The third-order valence-corrected chi connectivity index (χ3v) is 2.91. The first kappa shape index (κ1) is 12.4. The van der Waals surface area contributed by atoms with E-state index in [9.17, 15) is 14.7 Å². The number of aliphatic carboxylic acids is 1. The number of amides is 1. The van der Waals surface area contributed by atoms with Crippen LogP contribution >= 0.6 is 0 Å². The van der Waals surface area contributed by atoms with E-state index >= 15 is 0 Å². The van der Waals surface area contributed by atoms with Crippen molar-refractivity contribution in [3.05, 3.63) is 34.9 Å². The summed E-state index contributed by atoms with van der Waals surface area (Å²) in [6.45, 7) is 1.47. The van der Waals surface area contributed by atoms with Gasteiger partial charge in [-0.15, -0.1) is 0 Å². The highest BCUT2D eigenvalue weighted by Gasteiger charge is 2.11. The van der Waals surface area contributed by atoms with Crippen LogP contribution in [0, 0.1) is 0 Å². The summed E-state index contributed by atoms with van der Waals surface area (Å²) in [4.78, 5) is 21.5. The second-order valence-corrected chi connectivity index (χ2v) is 4.45. The molecule has 0 radical (unpaired) electrons. The molecule has 0 aromatic heterocycles. The summed E-state index contributed by atoms with van der Waals surface area (Å²) < 4.78 is 0. The van der Waals surface area contributed by atoms with Gasteiger partial charge in [0, 0.05) is 25.0 Å². The summed E-state index contributed by atoms with van der Waals surface area (Å²) in [6, 6.07) is 5.65. The van der Waals surface area contributed by atoms with Crippen molar-refractivity contribution < 1.29 is 14.7 Å². The third-order valence-electron chi connectivity index (χ3n) is 2.91. The maximum absolute atomic E-state index is 11.0. The van der Waals surface area contributed by atoms with Crippen LogP contribution in [0.5, 0.6) is 0 Å². The molecule has 4 heteroatoms. The van der Waals surface area contributed by atoms with E-state index in [2.05, 4.69) is 5.32 Å². The van der Waals surface area contributed by atoms with E-state index in [1.54, 1.807) is 0 Å². The Bertz CT molecular complexity index is 532. The number of aryl methyl sites for hydroxylation is 1. The van der Waals surface area contributed by atoms with E-state index in [1.165, 1.54) is 6.92 Å². The Morgan fingerprint density at radius 3 is 2.78 bits per heavy atom. The first-order valence-electron chi connectivity index (χ1n) is 5.84. The fourth-order valence-corrected chi connectivity index (χ4v) is 2.16. The van der Waals surface area contributed by atoms with Crippen LogP contribution in [-0.2, 0) is 16.0 Å². The van der Waals surface area contributed by atoms with Crippen molar-refractivity contribution in [2.75, 3.05) is 5.32 Å². The summed E-state index contributed by atoms with van der Waals surface area (Å²) in [5.41, 5.74) is 3.81. The maximum atomic E-state index is 11.0. The van der Waals surface area contributed by atoms with E-state index in [4.69, 9.17) is 0 Å². The van der Waals surface area contributed by atoms with Crippen LogP contribution in [0.4, 0.5) is 5.69 Å². The molecule has 1 N–H and O–H groups in total. The molecule has 18 heavy (non-hydrogen) atoms. The fraction of sp³-hybridized carbons (Fsp3) is 0.286. The number of rotatable bonds is 3. The molecular weight excluding hydrogens is 230 g/mol. The molecule has 94 valence electrons. The number of carboxylic acids is 1. The first-order valence-corrected chi connectivity index (χ1v) is 5.84. The number of anilines is 1. The normalized spacial score (nSPS) is 13.5. The molecule has 0 spiro atoms. The van der Waals surface area contributed by atoms with Crippen LogP contribution in [-0.4, -0.2) is 11.9 Å². The Kier molecular flexibility index (Phi) is 3.46. The predicted molar refractivity (Wildman–Crippen MR) is 66.7 cm³/mol. The highest BCUT2D eigenvalue weighted by atomic mass is 16.4. The number of hydrogen-bond donors (Lipinski definition) is 1. The van der Waals surface area contributed by atoms with Gasteiger partial charge in [-0.2, -0.15) is 0 Å². The van der Waals surface area contributed by atoms with Crippen molar-refractivity contribution in [2.45, 2.75) is 26.2 Å². The van der Waals surface area contributed by atoms with Crippen LogP contribution in [0.1, 0.15) is 30.9 Å². The fourth-order valence-electron chi connectivity index (χ4n) is 2.16. The topological polar surface area (TPSA) is 69.2 Å². The van der Waals surface area contributed by atoms with Gasteiger partial charge in [0.15, 0.2) is 0 Å². The Balaban J connectivity index is 2.22. The lowest BCUT2D eigenvalue weighted by atomic mass is 9.90. The quantitative estimate of drug-likeness (QED) is 0.866. The van der Waals surface area contributed by atoms with Crippen molar-refractivity contribution in [2.24, 2.45) is 0 Å². The molecule has 0 fully saturated rings. The molecule has 1 aromatic rings. The SMILES string of the molecule is CC(=O)Nc1ccc2c(c1)CCC(CC(=O)[O-])=C2. The minimum atomic E-state index is -1.04. The smallest absolute Gasteiger partial charge is 0.221 e. The average Bonchev–Trinajstić information content (AvgIpc) is 2.27. The molecule has 0 saturated heterocycles. The summed E-state index contributed by atoms with van der Waals surface area (Å²) >= 11 is 0. The van der Waals surface area contributed by atoms with Gasteiger partial charge in [0.05, 0.1) is 0 Å². The van der Waals surface area contributed by atoms with Crippen molar-refractivity contribution >= 4 is 23.6 Å². The van der Waals surface area contributed by atoms with Crippen molar-refractivity contribution in [1.29, 1.82) is 0 Å². The molecule has 1 aliphatic rings. The molecule has 2 rings (SSSR count). The van der Waals surface area contributed by atoms with Crippen molar-refractivity contribution in [1.82, 2.24) is 0 Å². The molecule has 0 unspecified atom stereocenters. The van der Waals surface area contributed by atoms with Crippen LogP contribution in [0.2, 0.25) is 0 Å². The van der Waals surface area contributed by atoms with E-state index in [1.807, 2.05) is 24.3 Å². The van der Waals surface area contributed by atoms with E-state index < -0.39 is 5.97 Å². The van der Waals surface area contributed by atoms with Crippen LogP contribution in [0.15, 0.2) is 23.8 Å². The highest BCUT2D eigenvalue weighted by molar-refractivity contribution is 5.89. The summed E-state index contributed by atoms with van der Waals surface area (Å²) in [6.07, 6.45) is 3.41. The summed E-state index contributed by atoms with van der Waals surface area (Å²) in [7, 11) is 0. The molecule has 0 heterocycles. The number of benzene rings is 1. The van der Waals surface area contributed by atoms with Crippen molar-refractivity contribution in [3.8, 4) is 0 Å². The van der Waals surface area contributed by atoms with Gasteiger partial charge >= 0.3 is 0 Å². The van der Waals surface area contributed by atoms with E-state index in [0.29, 0.717) is 0 Å². The number of carboxylic acid groups (broad SMARTS) is 1. The molecule has 0 saturated carbocycles. The Morgan fingerprint density at radius 1 is 1.33 bits per heavy atom. The largest absolute Gasteiger partial charge is 0.550 e. The second kappa shape index (κ2) is 5.04. The van der Waals surface area contributed by atoms with E-state index in [0.717, 1.165) is 35.2 Å². The number of carbonyl (C=O) groups is 2. The highest BCUT2D eigenvalue weighted by Crippen LogP contribution is 2.27. The number of hydrogen-bond acceptors (Lipinski definition) is 3. The molecule has 1 amide bonds. The van der Waals surface area contributed by atoms with Gasteiger partial charge in [-0.1, -0.05) is 17.7 Å². The third kappa shape index (κ3) is 2.97. The Labute approximate surface area is 105 Å². The van der Waals surface area contributed by atoms with E-state index in [-0.39, 0.29) is 12.3 Å². The molecular formula is C14H14NO3-. The van der Waals surface area contributed by atoms with Gasteiger partial charge in [-0.05, 0) is 36.1 Å². The Morgan fingerprint density at radius 2 is 2.11 bits per heavy atom. The Hall–Kier alpha value is -2.10. The van der Waals surface area contributed by atoms with Gasteiger partial charge in [0.25, 0.3) is 0 Å². The molecule has 1 aliphatic carbocycles. The van der Waals surface area contributed by atoms with Crippen LogP contribution < -0.4 is 10.4 Å². The summed E-state index contributed by atoms with van der Waals surface area (Å²) in [5, 5.41) is 13.3. The van der Waals surface area contributed by atoms with Gasteiger partial charge in [-0.25, -0.2) is 0 Å². The lowest BCUT2D eigenvalue weighted by molar-refractivity contribution is -0.304. The second-order valence-electron chi connectivity index (χ2n) is 4.45. The first-order chi connectivity index (χ1) is 8.54. The van der Waals surface area contributed by atoms with Gasteiger partial charge in [-0.3, -0.25) is 4.79 Å². The minimum absolute atomic E-state index is 0.00706. The molecule has 4 nitrogen and oxygen atoms in total. The zero-order valence-electron chi connectivity index (χ0n) is 10.2. The average molecular weight is 244 g/mol. The van der Waals surface area contributed by atoms with Gasteiger partial charge in [0.1, 0.15) is 0 Å². The molecule has 0 bridgehead atoms. The molecule has 1 aromatic carbocycles. The van der Waals surface area contributed by atoms with Crippen molar-refractivity contribution in [3.63, 3.8) is 0 Å². The van der Waals surface area contributed by atoms with Crippen LogP contribution in [0.25, 0.3) is 6.08 Å². The number of nitrogens with one attached hydrogen (secondary N) is 1. The van der Waals surface area contributed by atoms with Crippen LogP contribution in [0.3, 0.4) is 0 Å². The molecule has 0 aliphatic heterocycles.